The van der Waals surface area contributed by atoms with Gasteiger partial charge in [0.2, 0.25) is 0 Å². The van der Waals surface area contributed by atoms with Crippen molar-refractivity contribution in [3.05, 3.63) is 52.0 Å². The summed E-state index contributed by atoms with van der Waals surface area (Å²) in [6, 6.07) is 7.06. The lowest BCUT2D eigenvalue weighted by Gasteiger charge is -2.14. The van der Waals surface area contributed by atoms with E-state index in [9.17, 15) is 13.2 Å². The maximum Gasteiger partial charge on any atom is 0.417 e. The first-order chi connectivity index (χ1) is 11.6. The molecule has 3 nitrogen and oxygen atoms in total. The van der Waals surface area contributed by atoms with Crippen LogP contribution in [0.5, 0.6) is 11.5 Å². The third kappa shape index (κ3) is 4.89. The Morgan fingerprint density at radius 2 is 1.76 bits per heavy atom. The van der Waals surface area contributed by atoms with Gasteiger partial charge in [0, 0.05) is 14.1 Å². The minimum atomic E-state index is -4.54. The highest BCUT2D eigenvalue weighted by Gasteiger charge is 2.33. The molecule has 134 valence electrons. The smallest absolute Gasteiger partial charge is 0.417 e. The number of ether oxygens (including phenoxy) is 1. The number of benzene rings is 2. The normalized spacial score (nSPS) is 11.8. The van der Waals surface area contributed by atoms with E-state index >= 15 is 0 Å². The number of halogens is 4. The zero-order valence-electron chi connectivity index (χ0n) is 14.3. The number of hydrogen-bond donors (Lipinski definition) is 0. The Kier molecular flexibility index (Phi) is 5.62. The molecule has 0 atom stereocenters. The largest absolute Gasteiger partial charge is 0.457 e. The molecule has 2 aromatic rings. The van der Waals surface area contributed by atoms with Gasteiger partial charge >= 0.3 is 6.18 Å². The Bertz CT molecular complexity index is 802. The van der Waals surface area contributed by atoms with Crippen LogP contribution in [0, 0.1) is 13.8 Å². The van der Waals surface area contributed by atoms with E-state index in [1.807, 2.05) is 38.9 Å². The molecular formula is C18H18ClF3N2O. The molecule has 0 aliphatic carbocycles. The number of rotatable bonds is 4. The fourth-order valence-electron chi connectivity index (χ4n) is 2.11. The van der Waals surface area contributed by atoms with Crippen molar-refractivity contribution in [3.63, 3.8) is 0 Å². The summed E-state index contributed by atoms with van der Waals surface area (Å²) in [5.74, 6) is 0.542. The van der Waals surface area contributed by atoms with Crippen molar-refractivity contribution in [1.29, 1.82) is 0 Å². The Balaban J connectivity index is 2.34. The summed E-state index contributed by atoms with van der Waals surface area (Å²) >= 11 is 5.63. The highest BCUT2D eigenvalue weighted by Crippen LogP contribution is 2.38. The van der Waals surface area contributed by atoms with E-state index in [1.54, 1.807) is 12.4 Å². The first-order valence-corrected chi connectivity index (χ1v) is 7.82. The highest BCUT2D eigenvalue weighted by molar-refractivity contribution is 6.31. The van der Waals surface area contributed by atoms with Crippen molar-refractivity contribution in [2.45, 2.75) is 20.0 Å². The molecule has 0 saturated heterocycles. The predicted molar refractivity (Wildman–Crippen MR) is 94.3 cm³/mol. The number of hydrogen-bond acceptors (Lipinski definition) is 2. The SMILES string of the molecule is Cc1cc(Oc2ccc(Cl)c(C(F)(F)F)c2)c(C)cc1/N=C\N(C)C. The summed E-state index contributed by atoms with van der Waals surface area (Å²) in [5.41, 5.74) is 1.46. The van der Waals surface area contributed by atoms with Crippen LogP contribution >= 0.6 is 11.6 Å². The molecule has 0 saturated carbocycles. The molecule has 0 bridgehead atoms. The maximum atomic E-state index is 13.0. The summed E-state index contributed by atoms with van der Waals surface area (Å²) in [4.78, 5) is 6.16. The Hall–Kier alpha value is -2.21. The zero-order valence-corrected chi connectivity index (χ0v) is 15.0. The van der Waals surface area contributed by atoms with Gasteiger partial charge in [-0.3, -0.25) is 0 Å². The zero-order chi connectivity index (χ0) is 18.8. The minimum absolute atomic E-state index is 0.0729. The summed E-state index contributed by atoms with van der Waals surface area (Å²) < 4.78 is 44.5. The number of aryl methyl sites for hydroxylation is 2. The molecule has 0 amide bonds. The fourth-order valence-corrected chi connectivity index (χ4v) is 2.34. The van der Waals surface area contributed by atoms with Gasteiger partial charge in [-0.1, -0.05) is 11.6 Å². The van der Waals surface area contributed by atoms with Crippen molar-refractivity contribution in [3.8, 4) is 11.5 Å². The van der Waals surface area contributed by atoms with Crippen molar-refractivity contribution >= 4 is 23.6 Å². The van der Waals surface area contributed by atoms with Crippen molar-refractivity contribution in [1.82, 2.24) is 4.90 Å². The van der Waals surface area contributed by atoms with Gasteiger partial charge in [-0.15, -0.1) is 0 Å². The third-order valence-electron chi connectivity index (χ3n) is 3.39. The molecule has 0 spiro atoms. The predicted octanol–water partition coefficient (Wildman–Crippen LogP) is 5.99. The molecule has 0 radical (unpaired) electrons. The van der Waals surface area contributed by atoms with Crippen LogP contribution in [0.2, 0.25) is 5.02 Å². The lowest BCUT2D eigenvalue weighted by molar-refractivity contribution is -0.137. The molecule has 0 aliphatic rings. The van der Waals surface area contributed by atoms with E-state index in [-0.39, 0.29) is 10.8 Å². The van der Waals surface area contributed by atoms with Crippen molar-refractivity contribution < 1.29 is 17.9 Å². The summed E-state index contributed by atoms with van der Waals surface area (Å²) in [6.07, 6.45) is -2.86. The van der Waals surface area contributed by atoms with Crippen LogP contribution in [0.4, 0.5) is 18.9 Å². The summed E-state index contributed by atoms with van der Waals surface area (Å²) in [5, 5.41) is -0.360. The lowest BCUT2D eigenvalue weighted by Crippen LogP contribution is -2.07. The molecule has 0 aromatic heterocycles. The molecule has 0 heterocycles. The second-order valence-corrected chi connectivity index (χ2v) is 6.26. The third-order valence-corrected chi connectivity index (χ3v) is 3.72. The monoisotopic (exact) mass is 370 g/mol. The average molecular weight is 371 g/mol. The van der Waals surface area contributed by atoms with E-state index in [0.717, 1.165) is 22.9 Å². The van der Waals surface area contributed by atoms with Crippen LogP contribution in [-0.2, 0) is 6.18 Å². The van der Waals surface area contributed by atoms with Crippen LogP contribution in [-0.4, -0.2) is 25.3 Å². The summed E-state index contributed by atoms with van der Waals surface area (Å²) in [7, 11) is 3.73. The molecule has 0 fully saturated rings. The van der Waals surface area contributed by atoms with Gasteiger partial charge in [0.1, 0.15) is 11.5 Å². The molecule has 0 aliphatic heterocycles. The number of aliphatic imine (C=N–C) groups is 1. The molecule has 2 aromatic carbocycles. The molecule has 25 heavy (non-hydrogen) atoms. The van der Waals surface area contributed by atoms with Crippen LogP contribution in [0.1, 0.15) is 16.7 Å². The van der Waals surface area contributed by atoms with Crippen LogP contribution < -0.4 is 4.74 Å². The Morgan fingerprint density at radius 3 is 2.36 bits per heavy atom. The van der Waals surface area contributed by atoms with Gasteiger partial charge in [-0.05, 0) is 55.3 Å². The standard InChI is InChI=1S/C18H18ClF3N2O/c1-11-8-17(12(2)7-16(11)23-10-24(3)4)25-13-5-6-15(19)14(9-13)18(20,21)22/h5-10H,1-4H3/b23-10-. The Morgan fingerprint density at radius 1 is 1.08 bits per heavy atom. The van der Waals surface area contributed by atoms with E-state index in [0.29, 0.717) is 5.75 Å². The number of nitrogens with zero attached hydrogens (tertiary/aromatic N) is 2. The van der Waals surface area contributed by atoms with Gasteiger partial charge in [-0.2, -0.15) is 13.2 Å². The van der Waals surface area contributed by atoms with Crippen LogP contribution in [0.3, 0.4) is 0 Å². The first kappa shape index (κ1) is 19.1. The molecule has 0 N–H and O–H groups in total. The van der Waals surface area contributed by atoms with Gasteiger partial charge in [0.25, 0.3) is 0 Å². The quantitative estimate of drug-likeness (QED) is 0.488. The highest BCUT2D eigenvalue weighted by atomic mass is 35.5. The molecule has 7 heteroatoms. The molecular weight excluding hydrogens is 353 g/mol. The molecule has 0 unspecified atom stereocenters. The van der Waals surface area contributed by atoms with E-state index in [2.05, 4.69) is 4.99 Å². The maximum absolute atomic E-state index is 13.0. The van der Waals surface area contributed by atoms with Gasteiger partial charge in [-0.25, -0.2) is 4.99 Å². The van der Waals surface area contributed by atoms with Crippen molar-refractivity contribution in [2.75, 3.05) is 14.1 Å². The minimum Gasteiger partial charge on any atom is -0.457 e. The first-order valence-electron chi connectivity index (χ1n) is 7.44. The second-order valence-electron chi connectivity index (χ2n) is 5.85. The van der Waals surface area contributed by atoms with Crippen molar-refractivity contribution in [2.24, 2.45) is 4.99 Å². The fraction of sp³-hybridized carbons (Fsp3) is 0.278. The van der Waals surface area contributed by atoms with E-state index in [4.69, 9.17) is 16.3 Å². The van der Waals surface area contributed by atoms with Crippen LogP contribution in [0.25, 0.3) is 0 Å². The average Bonchev–Trinajstić information content (AvgIpc) is 2.49. The van der Waals surface area contributed by atoms with Crippen LogP contribution in [0.15, 0.2) is 35.3 Å². The topological polar surface area (TPSA) is 24.8 Å². The molecule has 2 rings (SSSR count). The second kappa shape index (κ2) is 7.35. The van der Waals surface area contributed by atoms with Gasteiger partial charge in [0.05, 0.1) is 22.6 Å². The van der Waals surface area contributed by atoms with Gasteiger partial charge in [0.15, 0.2) is 0 Å². The lowest BCUT2D eigenvalue weighted by atomic mass is 10.1. The summed E-state index contributed by atoms with van der Waals surface area (Å²) in [6.45, 7) is 3.67. The van der Waals surface area contributed by atoms with E-state index in [1.165, 1.54) is 12.1 Å². The number of alkyl halides is 3. The van der Waals surface area contributed by atoms with Gasteiger partial charge < -0.3 is 9.64 Å². The Labute approximate surface area is 149 Å². The van der Waals surface area contributed by atoms with E-state index < -0.39 is 11.7 Å².